The van der Waals surface area contributed by atoms with E-state index in [0.717, 1.165) is 36.4 Å². The van der Waals surface area contributed by atoms with Crippen LogP contribution >= 0.6 is 0 Å². The minimum atomic E-state index is 0.352. The summed E-state index contributed by atoms with van der Waals surface area (Å²) in [5.41, 5.74) is 4.06. The molecule has 120 valence electrons. The van der Waals surface area contributed by atoms with Crippen LogP contribution in [0.3, 0.4) is 0 Å². The highest BCUT2D eigenvalue weighted by Gasteiger charge is 2.52. The summed E-state index contributed by atoms with van der Waals surface area (Å²) >= 11 is 0. The molecule has 0 unspecified atom stereocenters. The molecular weight excluding hydrogens is 284 g/mol. The summed E-state index contributed by atoms with van der Waals surface area (Å²) in [4.78, 5) is 9.85. The number of nitrogens with zero attached hydrogens (tertiary/aromatic N) is 4. The molecule has 4 saturated carbocycles. The van der Waals surface area contributed by atoms with Gasteiger partial charge in [0.25, 0.3) is 5.78 Å². The quantitative estimate of drug-likeness (QED) is 0.810. The van der Waals surface area contributed by atoms with Crippen LogP contribution in [0.2, 0.25) is 0 Å². The van der Waals surface area contributed by atoms with Gasteiger partial charge in [-0.1, -0.05) is 0 Å². The molecule has 0 amide bonds. The molecule has 0 aromatic carbocycles. The molecule has 5 aliphatic carbocycles. The van der Waals surface area contributed by atoms with Crippen LogP contribution in [-0.2, 0) is 18.3 Å². The third kappa shape index (κ3) is 1.81. The fourth-order valence-electron chi connectivity index (χ4n) is 6.54. The van der Waals surface area contributed by atoms with Gasteiger partial charge in [0, 0.05) is 5.41 Å². The summed E-state index contributed by atoms with van der Waals surface area (Å²) in [6.45, 7) is 0. The van der Waals surface area contributed by atoms with Gasteiger partial charge < -0.3 is 0 Å². The highest BCUT2D eigenvalue weighted by molar-refractivity contribution is 5.36. The van der Waals surface area contributed by atoms with Crippen molar-refractivity contribution in [2.45, 2.75) is 69.6 Å². The van der Waals surface area contributed by atoms with E-state index in [4.69, 9.17) is 15.1 Å². The van der Waals surface area contributed by atoms with Crippen LogP contribution < -0.4 is 0 Å². The molecule has 0 N–H and O–H groups in total. The van der Waals surface area contributed by atoms with Crippen molar-refractivity contribution in [3.8, 4) is 0 Å². The molecule has 0 radical (unpaired) electrons. The molecule has 5 aliphatic rings. The number of aromatic nitrogens is 4. The lowest BCUT2D eigenvalue weighted by molar-refractivity contribution is -0.00699. The summed E-state index contributed by atoms with van der Waals surface area (Å²) in [6, 6.07) is 0. The van der Waals surface area contributed by atoms with Gasteiger partial charge in [-0.05, 0) is 82.0 Å². The summed E-state index contributed by atoms with van der Waals surface area (Å²) in [5, 5.41) is 4.86. The first-order valence-electron chi connectivity index (χ1n) is 9.53. The van der Waals surface area contributed by atoms with Crippen molar-refractivity contribution in [3.05, 3.63) is 23.3 Å². The van der Waals surface area contributed by atoms with Crippen molar-refractivity contribution in [3.63, 3.8) is 0 Å². The normalized spacial score (nSPS) is 38.2. The first kappa shape index (κ1) is 12.9. The minimum absolute atomic E-state index is 0.352. The van der Waals surface area contributed by atoms with Gasteiger partial charge in [-0.3, -0.25) is 0 Å². The molecule has 7 rings (SSSR count). The highest BCUT2D eigenvalue weighted by Crippen LogP contribution is 2.60. The molecule has 4 nitrogen and oxygen atoms in total. The molecule has 2 aromatic heterocycles. The Morgan fingerprint density at radius 3 is 2.22 bits per heavy atom. The maximum atomic E-state index is 5.00. The summed E-state index contributed by atoms with van der Waals surface area (Å²) in [6.07, 6.45) is 15.4. The second-order valence-electron chi connectivity index (χ2n) is 8.78. The summed E-state index contributed by atoms with van der Waals surface area (Å²) in [5.74, 6) is 3.72. The highest BCUT2D eigenvalue weighted by atomic mass is 15.3. The summed E-state index contributed by atoms with van der Waals surface area (Å²) < 4.78 is 1.98. The molecule has 0 spiro atoms. The van der Waals surface area contributed by atoms with Crippen LogP contribution in [0.15, 0.2) is 6.20 Å². The SMILES string of the molecule is c1c(C23CC4CC(CC(C4)C2)C3)nc2nc3c(nn12)CCCC3. The van der Waals surface area contributed by atoms with E-state index in [2.05, 4.69) is 6.20 Å². The van der Waals surface area contributed by atoms with Gasteiger partial charge in [0.15, 0.2) is 0 Å². The van der Waals surface area contributed by atoms with Crippen LogP contribution in [0.5, 0.6) is 0 Å². The average Bonchev–Trinajstić information content (AvgIpc) is 2.95. The Hall–Kier alpha value is -1.45. The van der Waals surface area contributed by atoms with E-state index in [-0.39, 0.29) is 0 Å². The van der Waals surface area contributed by atoms with Gasteiger partial charge in [0.05, 0.1) is 23.3 Å². The minimum Gasteiger partial charge on any atom is -0.214 e. The van der Waals surface area contributed by atoms with E-state index >= 15 is 0 Å². The fourth-order valence-corrected chi connectivity index (χ4v) is 6.54. The standard InChI is InChI=1S/C19H24N4/c1-2-4-16-15(3-1)20-18-21-17(11-23(18)22-16)19-8-12-5-13(9-19)7-14(6-12)10-19/h11-14H,1-10H2. The topological polar surface area (TPSA) is 43.1 Å². The first-order valence-corrected chi connectivity index (χ1v) is 9.53. The Balaban J connectivity index is 1.47. The Morgan fingerprint density at radius 1 is 0.870 bits per heavy atom. The van der Waals surface area contributed by atoms with Crippen molar-refractivity contribution in [1.29, 1.82) is 0 Å². The van der Waals surface area contributed by atoms with E-state index in [1.165, 1.54) is 68.4 Å². The van der Waals surface area contributed by atoms with Crippen LogP contribution in [0, 0.1) is 17.8 Å². The molecule has 2 aromatic rings. The Morgan fingerprint density at radius 2 is 1.52 bits per heavy atom. The zero-order valence-electron chi connectivity index (χ0n) is 13.7. The predicted octanol–water partition coefficient (Wildman–Crippen LogP) is 3.47. The largest absolute Gasteiger partial charge is 0.251 e. The van der Waals surface area contributed by atoms with Crippen LogP contribution in [0.25, 0.3) is 5.78 Å². The number of rotatable bonds is 1. The Bertz CT molecular complexity index is 712. The third-order valence-corrected chi connectivity index (χ3v) is 7.13. The van der Waals surface area contributed by atoms with Gasteiger partial charge >= 0.3 is 0 Å². The smallest absolute Gasteiger partial charge is 0.214 e. The number of imidazole rings is 1. The lowest BCUT2D eigenvalue weighted by atomic mass is 9.49. The lowest BCUT2D eigenvalue weighted by Gasteiger charge is -2.56. The van der Waals surface area contributed by atoms with Gasteiger partial charge in [-0.25, -0.2) is 14.5 Å². The van der Waals surface area contributed by atoms with Gasteiger partial charge in [-0.2, -0.15) is 5.10 Å². The maximum Gasteiger partial charge on any atom is 0.251 e. The number of hydrogen-bond donors (Lipinski definition) is 0. The van der Waals surface area contributed by atoms with E-state index < -0.39 is 0 Å². The second-order valence-corrected chi connectivity index (χ2v) is 8.78. The van der Waals surface area contributed by atoms with Crippen molar-refractivity contribution in [2.24, 2.45) is 17.8 Å². The molecule has 0 aliphatic heterocycles. The van der Waals surface area contributed by atoms with E-state index in [9.17, 15) is 0 Å². The molecule has 2 heterocycles. The van der Waals surface area contributed by atoms with E-state index in [1.807, 2.05) is 4.52 Å². The third-order valence-electron chi connectivity index (χ3n) is 7.13. The maximum absolute atomic E-state index is 5.00. The molecule has 4 heteroatoms. The average molecular weight is 308 g/mol. The van der Waals surface area contributed by atoms with Crippen LogP contribution in [0.1, 0.15) is 68.4 Å². The molecule has 0 saturated heterocycles. The number of aryl methyl sites for hydroxylation is 2. The molecular formula is C19H24N4. The van der Waals surface area contributed by atoms with Crippen molar-refractivity contribution in [2.75, 3.05) is 0 Å². The zero-order valence-corrected chi connectivity index (χ0v) is 13.7. The second kappa shape index (κ2) is 4.34. The zero-order chi connectivity index (χ0) is 15.0. The number of fused-ring (bicyclic) bond motifs is 2. The number of hydrogen-bond acceptors (Lipinski definition) is 3. The van der Waals surface area contributed by atoms with Gasteiger partial charge in [0.1, 0.15) is 0 Å². The molecule has 4 bridgehead atoms. The van der Waals surface area contributed by atoms with Gasteiger partial charge in [-0.15, -0.1) is 0 Å². The molecule has 23 heavy (non-hydrogen) atoms. The van der Waals surface area contributed by atoms with Crippen molar-refractivity contribution in [1.82, 2.24) is 19.6 Å². The van der Waals surface area contributed by atoms with Crippen molar-refractivity contribution < 1.29 is 0 Å². The monoisotopic (exact) mass is 308 g/mol. The Labute approximate surface area is 136 Å². The van der Waals surface area contributed by atoms with Crippen molar-refractivity contribution >= 4 is 5.78 Å². The van der Waals surface area contributed by atoms with E-state index in [0.29, 0.717) is 5.41 Å². The lowest BCUT2D eigenvalue weighted by Crippen LogP contribution is -2.48. The summed E-state index contributed by atoms with van der Waals surface area (Å²) in [7, 11) is 0. The Kier molecular flexibility index (Phi) is 2.44. The predicted molar refractivity (Wildman–Crippen MR) is 87.3 cm³/mol. The first-order chi connectivity index (χ1) is 11.3. The molecule has 0 atom stereocenters. The van der Waals surface area contributed by atoms with Crippen LogP contribution in [-0.4, -0.2) is 19.6 Å². The fraction of sp³-hybridized carbons (Fsp3) is 0.737. The molecule has 4 fully saturated rings. The van der Waals surface area contributed by atoms with E-state index in [1.54, 1.807) is 0 Å². The van der Waals surface area contributed by atoms with Gasteiger partial charge in [0.2, 0.25) is 0 Å². The van der Waals surface area contributed by atoms with Crippen LogP contribution in [0.4, 0.5) is 0 Å².